The van der Waals surface area contributed by atoms with Crippen LogP contribution in [0.25, 0.3) is 5.69 Å². The van der Waals surface area contributed by atoms with Gasteiger partial charge >= 0.3 is 6.09 Å². The average molecular weight is 565 g/mol. The number of piperidine rings is 1. The van der Waals surface area contributed by atoms with Crippen molar-refractivity contribution < 1.29 is 28.5 Å². The van der Waals surface area contributed by atoms with E-state index in [1.165, 1.54) is 21.3 Å². The lowest BCUT2D eigenvalue weighted by atomic mass is 9.90. The minimum atomic E-state index is -0.562. The lowest BCUT2D eigenvalue weighted by Gasteiger charge is -2.34. The molecular weight excluding hydrogens is 524 g/mol. The molecule has 0 unspecified atom stereocenters. The van der Waals surface area contributed by atoms with E-state index >= 15 is 0 Å². The second-order valence-corrected chi connectivity index (χ2v) is 11.3. The summed E-state index contributed by atoms with van der Waals surface area (Å²) in [5, 5.41) is 7.68. The molecule has 0 aliphatic carbocycles. The lowest BCUT2D eigenvalue weighted by Crippen LogP contribution is -2.41. The minimum Gasteiger partial charge on any atom is -0.493 e. The van der Waals surface area contributed by atoms with E-state index in [4.69, 9.17) is 24.0 Å². The highest BCUT2D eigenvalue weighted by atomic mass is 16.6. The van der Waals surface area contributed by atoms with E-state index in [2.05, 4.69) is 11.4 Å². The molecule has 1 N–H and O–H groups in total. The molecule has 1 aromatic heterocycles. The van der Waals surface area contributed by atoms with Gasteiger partial charge in [-0.25, -0.2) is 9.48 Å². The number of benzene rings is 2. The third-order valence-corrected chi connectivity index (χ3v) is 7.09. The number of ether oxygens (including phenoxy) is 4. The predicted octanol–water partition coefficient (Wildman–Crippen LogP) is 5.88. The first-order chi connectivity index (χ1) is 19.4. The van der Waals surface area contributed by atoms with Crippen molar-refractivity contribution in [2.45, 2.75) is 59.0 Å². The number of carbonyl (C=O) groups excluding carboxylic acids is 2. The van der Waals surface area contributed by atoms with E-state index in [1.807, 2.05) is 51.4 Å². The van der Waals surface area contributed by atoms with Crippen LogP contribution in [0.3, 0.4) is 0 Å². The summed E-state index contributed by atoms with van der Waals surface area (Å²) in [6, 6.07) is 9.54. The summed E-state index contributed by atoms with van der Waals surface area (Å²) in [6.45, 7) is 10.7. The number of aryl methyl sites for hydroxylation is 2. The Morgan fingerprint density at radius 3 is 2.12 bits per heavy atom. The molecule has 10 nitrogen and oxygen atoms in total. The van der Waals surface area contributed by atoms with Gasteiger partial charge in [-0.05, 0) is 59.1 Å². The van der Waals surface area contributed by atoms with E-state index in [0.717, 1.165) is 22.5 Å². The number of amides is 2. The van der Waals surface area contributed by atoms with Gasteiger partial charge in [-0.1, -0.05) is 17.7 Å². The first-order valence-corrected chi connectivity index (χ1v) is 13.7. The van der Waals surface area contributed by atoms with Gasteiger partial charge in [-0.3, -0.25) is 4.79 Å². The zero-order valence-corrected chi connectivity index (χ0v) is 25.2. The maximum absolute atomic E-state index is 13.8. The summed E-state index contributed by atoms with van der Waals surface area (Å²) < 4.78 is 23.8. The Balaban J connectivity index is 1.68. The van der Waals surface area contributed by atoms with Crippen molar-refractivity contribution in [3.63, 3.8) is 0 Å². The smallest absolute Gasteiger partial charge is 0.410 e. The molecule has 0 bridgehead atoms. The fraction of sp³-hybridized carbons (Fsp3) is 0.452. The number of hydrogen-bond donors (Lipinski definition) is 1. The van der Waals surface area contributed by atoms with E-state index < -0.39 is 5.60 Å². The van der Waals surface area contributed by atoms with Crippen LogP contribution in [0.1, 0.15) is 66.7 Å². The molecule has 3 aromatic rings. The van der Waals surface area contributed by atoms with Crippen molar-refractivity contribution in [3.05, 3.63) is 58.9 Å². The van der Waals surface area contributed by atoms with Crippen LogP contribution in [0.2, 0.25) is 0 Å². The molecule has 4 rings (SSSR count). The predicted molar refractivity (Wildman–Crippen MR) is 157 cm³/mol. The average Bonchev–Trinajstić information content (AvgIpc) is 3.36. The molecule has 0 radical (unpaired) electrons. The molecule has 2 aromatic carbocycles. The topological polar surface area (TPSA) is 104 Å². The van der Waals surface area contributed by atoms with Gasteiger partial charge < -0.3 is 29.2 Å². The lowest BCUT2D eigenvalue weighted by molar-refractivity contribution is 0.0203. The molecule has 0 saturated carbocycles. The summed E-state index contributed by atoms with van der Waals surface area (Å²) in [7, 11) is 4.58. The van der Waals surface area contributed by atoms with Crippen LogP contribution in [0, 0.1) is 13.8 Å². The number of methoxy groups -OCH3 is 3. The molecule has 41 heavy (non-hydrogen) atoms. The molecule has 1 aliphatic rings. The van der Waals surface area contributed by atoms with Crippen molar-refractivity contribution in [3.8, 4) is 22.9 Å². The molecule has 2 amide bonds. The van der Waals surface area contributed by atoms with Crippen LogP contribution >= 0.6 is 0 Å². The summed E-state index contributed by atoms with van der Waals surface area (Å²) in [5.74, 6) is 0.997. The van der Waals surface area contributed by atoms with Crippen molar-refractivity contribution in [2.24, 2.45) is 0 Å². The Kier molecular flexibility index (Phi) is 8.80. The van der Waals surface area contributed by atoms with Crippen LogP contribution in [-0.4, -0.2) is 66.7 Å². The third-order valence-electron chi connectivity index (χ3n) is 7.09. The summed E-state index contributed by atoms with van der Waals surface area (Å²) in [6.07, 6.45) is 2.63. The van der Waals surface area contributed by atoms with Gasteiger partial charge in [0.05, 0.1) is 44.5 Å². The van der Waals surface area contributed by atoms with Crippen molar-refractivity contribution in [1.29, 1.82) is 0 Å². The van der Waals surface area contributed by atoms with Crippen LogP contribution in [-0.2, 0) is 4.74 Å². The van der Waals surface area contributed by atoms with E-state index in [0.29, 0.717) is 54.4 Å². The fourth-order valence-corrected chi connectivity index (χ4v) is 5.17. The van der Waals surface area contributed by atoms with Gasteiger partial charge in [0.1, 0.15) is 5.60 Å². The van der Waals surface area contributed by atoms with Crippen molar-refractivity contribution >= 4 is 17.7 Å². The third kappa shape index (κ3) is 6.58. The molecular formula is C31H40N4O6. The highest BCUT2D eigenvalue weighted by molar-refractivity contribution is 6.05. The zero-order valence-electron chi connectivity index (χ0n) is 25.2. The Morgan fingerprint density at radius 1 is 0.951 bits per heavy atom. The largest absolute Gasteiger partial charge is 0.493 e. The molecule has 10 heteroatoms. The molecule has 1 aliphatic heterocycles. The first kappa shape index (κ1) is 29.8. The molecule has 0 atom stereocenters. The number of nitrogens with one attached hydrogen (secondary N) is 1. The Hall–Kier alpha value is -4.21. The molecule has 220 valence electrons. The Bertz CT molecular complexity index is 1390. The quantitative estimate of drug-likeness (QED) is 0.382. The SMILES string of the molecule is COc1cc(NC(=O)c2cnn(-c3ccc(C)cc3C)c2C2CCN(C(=O)OC(C)(C)C)CC2)cc(OC)c1OC. The second kappa shape index (κ2) is 12.1. The number of hydrogen-bond acceptors (Lipinski definition) is 7. The van der Waals surface area contributed by atoms with Gasteiger partial charge in [0.2, 0.25) is 5.75 Å². The van der Waals surface area contributed by atoms with Crippen LogP contribution < -0.4 is 19.5 Å². The second-order valence-electron chi connectivity index (χ2n) is 11.3. The number of carbonyl (C=O) groups is 2. The van der Waals surface area contributed by atoms with E-state index in [9.17, 15) is 9.59 Å². The van der Waals surface area contributed by atoms with Gasteiger partial charge in [-0.2, -0.15) is 5.10 Å². The highest BCUT2D eigenvalue weighted by Gasteiger charge is 2.32. The normalized spacial score (nSPS) is 14.0. The van der Waals surface area contributed by atoms with Gasteiger partial charge in [0, 0.05) is 36.8 Å². The number of rotatable bonds is 7. The van der Waals surface area contributed by atoms with Gasteiger partial charge in [0.15, 0.2) is 11.5 Å². The number of anilines is 1. The molecule has 2 heterocycles. The molecule has 1 fully saturated rings. The standard InChI is InChI=1S/C31H40N4O6/c1-19-9-10-24(20(2)15-19)35-27(21-11-13-34(14-12-21)30(37)41-31(3,4)5)23(18-32-35)29(36)33-22-16-25(38-6)28(40-8)26(17-22)39-7/h9-10,15-18,21H,11-14H2,1-8H3,(H,33,36). The van der Waals surface area contributed by atoms with Crippen molar-refractivity contribution in [1.82, 2.24) is 14.7 Å². The van der Waals surface area contributed by atoms with Gasteiger partial charge in [0.25, 0.3) is 5.91 Å². The molecule has 1 saturated heterocycles. The number of aromatic nitrogens is 2. The Labute approximate surface area is 241 Å². The number of likely N-dealkylation sites (tertiary alicyclic amines) is 1. The van der Waals surface area contributed by atoms with Crippen LogP contribution in [0.15, 0.2) is 36.5 Å². The van der Waals surface area contributed by atoms with Crippen molar-refractivity contribution in [2.75, 3.05) is 39.7 Å². The maximum Gasteiger partial charge on any atom is 0.410 e. The van der Waals surface area contributed by atoms with E-state index in [-0.39, 0.29) is 17.9 Å². The fourth-order valence-electron chi connectivity index (χ4n) is 5.17. The number of nitrogens with zero attached hydrogens (tertiary/aromatic N) is 3. The van der Waals surface area contributed by atoms with Crippen LogP contribution in [0.4, 0.5) is 10.5 Å². The molecule has 0 spiro atoms. The first-order valence-electron chi connectivity index (χ1n) is 13.7. The van der Waals surface area contributed by atoms with Crippen LogP contribution in [0.5, 0.6) is 17.2 Å². The summed E-state index contributed by atoms with van der Waals surface area (Å²) in [5.41, 5.74) is 4.32. The van der Waals surface area contributed by atoms with Gasteiger partial charge in [-0.15, -0.1) is 0 Å². The highest BCUT2D eigenvalue weighted by Crippen LogP contribution is 2.40. The maximum atomic E-state index is 13.8. The zero-order chi connectivity index (χ0) is 29.9. The van der Waals surface area contributed by atoms with E-state index in [1.54, 1.807) is 23.2 Å². The minimum absolute atomic E-state index is 0.00224. The summed E-state index contributed by atoms with van der Waals surface area (Å²) in [4.78, 5) is 28.2. The monoisotopic (exact) mass is 564 g/mol. The Morgan fingerprint density at radius 2 is 1.59 bits per heavy atom. The summed E-state index contributed by atoms with van der Waals surface area (Å²) >= 11 is 0.